The molecule has 0 amide bonds. The lowest BCUT2D eigenvalue weighted by Crippen LogP contribution is -2.30. The number of rotatable bonds is 6. The van der Waals surface area contributed by atoms with E-state index in [4.69, 9.17) is 5.26 Å². The average molecular weight is 288 g/mol. The molecule has 0 aliphatic heterocycles. The first kappa shape index (κ1) is 15.4. The summed E-state index contributed by atoms with van der Waals surface area (Å²) in [5, 5.41) is 14.4. The van der Waals surface area contributed by atoms with Crippen LogP contribution in [0.2, 0.25) is 0 Å². The molecule has 0 saturated carbocycles. The van der Waals surface area contributed by atoms with Crippen LogP contribution in [-0.4, -0.2) is 32.8 Å². The highest BCUT2D eigenvalue weighted by molar-refractivity contribution is 7.99. The molecule has 0 bridgehead atoms. The Morgan fingerprint density at radius 3 is 2.47 bits per heavy atom. The molecule has 0 spiro atoms. The van der Waals surface area contributed by atoms with Crippen molar-refractivity contribution in [3.05, 3.63) is 0 Å². The van der Waals surface area contributed by atoms with Crippen molar-refractivity contribution in [1.29, 1.82) is 5.26 Å². The second-order valence-corrected chi connectivity index (χ2v) is 4.99. The van der Waals surface area contributed by atoms with Crippen molar-refractivity contribution < 1.29 is 8.78 Å². The molecular formula is C10H14F2N6S. The van der Waals surface area contributed by atoms with Gasteiger partial charge in [-0.3, -0.25) is 0 Å². The number of nitrogens with one attached hydrogen (secondary N) is 2. The summed E-state index contributed by atoms with van der Waals surface area (Å²) in [5.41, 5.74) is -0.905. The van der Waals surface area contributed by atoms with Crippen molar-refractivity contribution in [3.63, 3.8) is 0 Å². The minimum atomic E-state index is -2.62. The third kappa shape index (κ3) is 5.21. The van der Waals surface area contributed by atoms with Gasteiger partial charge < -0.3 is 10.6 Å². The fourth-order valence-electron chi connectivity index (χ4n) is 1.09. The van der Waals surface area contributed by atoms with E-state index in [0.29, 0.717) is 6.54 Å². The monoisotopic (exact) mass is 288 g/mol. The summed E-state index contributed by atoms with van der Waals surface area (Å²) < 4.78 is 24.7. The molecule has 0 aromatic carbocycles. The molecule has 1 aromatic heterocycles. The van der Waals surface area contributed by atoms with Gasteiger partial charge in [0.15, 0.2) is 5.16 Å². The van der Waals surface area contributed by atoms with Crippen molar-refractivity contribution >= 4 is 23.7 Å². The highest BCUT2D eigenvalue weighted by atomic mass is 32.2. The molecule has 0 atom stereocenters. The van der Waals surface area contributed by atoms with E-state index in [1.807, 2.05) is 13.0 Å². The minimum absolute atomic E-state index is 0.0839. The lowest BCUT2D eigenvalue weighted by molar-refractivity contribution is 0.251. The fraction of sp³-hybridized carbons (Fsp3) is 0.600. The van der Waals surface area contributed by atoms with Gasteiger partial charge in [-0.05, 0) is 32.5 Å². The highest BCUT2D eigenvalue weighted by Gasteiger charge is 2.19. The first-order valence-electron chi connectivity index (χ1n) is 5.50. The summed E-state index contributed by atoms with van der Waals surface area (Å²) in [6.45, 7) is 5.63. The third-order valence-electron chi connectivity index (χ3n) is 1.85. The third-order valence-corrected chi connectivity index (χ3v) is 2.42. The molecule has 6 nitrogen and oxygen atoms in total. The maximum Gasteiger partial charge on any atom is 0.291 e. The molecule has 0 radical (unpaired) electrons. The Bertz CT molecular complexity index is 474. The zero-order valence-electron chi connectivity index (χ0n) is 10.7. The Balaban J connectivity index is 3.02. The van der Waals surface area contributed by atoms with Gasteiger partial charge in [-0.15, -0.1) is 0 Å². The molecule has 0 fully saturated rings. The van der Waals surface area contributed by atoms with Crippen LogP contribution in [0.1, 0.15) is 20.8 Å². The summed E-state index contributed by atoms with van der Waals surface area (Å²) in [6, 6.07) is 2.01. The number of halogens is 2. The van der Waals surface area contributed by atoms with Crippen molar-refractivity contribution in [2.45, 2.75) is 37.2 Å². The number of nitriles is 1. The number of thioether (sulfide) groups is 1. The molecule has 1 rings (SSSR count). The van der Waals surface area contributed by atoms with E-state index in [0.717, 1.165) is 0 Å². The van der Waals surface area contributed by atoms with Crippen molar-refractivity contribution in [3.8, 4) is 6.07 Å². The summed E-state index contributed by atoms with van der Waals surface area (Å²) in [5.74, 6) is -2.34. The van der Waals surface area contributed by atoms with E-state index in [1.54, 1.807) is 13.8 Å². The van der Waals surface area contributed by atoms with Crippen LogP contribution in [-0.2, 0) is 0 Å². The van der Waals surface area contributed by atoms with E-state index < -0.39 is 11.3 Å². The number of hydrogen-bond acceptors (Lipinski definition) is 7. The van der Waals surface area contributed by atoms with Crippen LogP contribution in [0.25, 0.3) is 0 Å². The molecule has 1 aromatic rings. The quantitative estimate of drug-likeness (QED) is 0.777. The molecule has 0 aliphatic rings. The Morgan fingerprint density at radius 2 is 1.95 bits per heavy atom. The van der Waals surface area contributed by atoms with E-state index in [1.165, 1.54) is 0 Å². The topological polar surface area (TPSA) is 86.5 Å². The molecule has 2 N–H and O–H groups in total. The number of alkyl halides is 2. The molecule has 9 heteroatoms. The predicted octanol–water partition coefficient (Wildman–Crippen LogP) is 2.33. The lowest BCUT2D eigenvalue weighted by Gasteiger charge is -2.18. The van der Waals surface area contributed by atoms with Gasteiger partial charge >= 0.3 is 0 Å². The van der Waals surface area contributed by atoms with Crippen molar-refractivity contribution in [2.24, 2.45) is 0 Å². The molecule has 19 heavy (non-hydrogen) atoms. The zero-order chi connectivity index (χ0) is 14.5. The van der Waals surface area contributed by atoms with Crippen LogP contribution >= 0.6 is 11.8 Å². The second-order valence-electron chi connectivity index (χ2n) is 4.04. The number of aromatic nitrogens is 3. The summed E-state index contributed by atoms with van der Waals surface area (Å²) in [7, 11) is 0. The zero-order valence-corrected chi connectivity index (χ0v) is 11.6. The maximum absolute atomic E-state index is 12.3. The van der Waals surface area contributed by atoms with Gasteiger partial charge in [-0.25, -0.2) is 0 Å². The minimum Gasteiger partial charge on any atom is -0.354 e. The van der Waals surface area contributed by atoms with Crippen LogP contribution in [0.15, 0.2) is 5.16 Å². The van der Waals surface area contributed by atoms with Gasteiger partial charge in [0.05, 0.1) is 6.07 Å². The Morgan fingerprint density at radius 1 is 1.32 bits per heavy atom. The smallest absolute Gasteiger partial charge is 0.291 e. The number of hydrogen-bond donors (Lipinski definition) is 2. The van der Waals surface area contributed by atoms with Gasteiger partial charge in [0.1, 0.15) is 5.54 Å². The maximum atomic E-state index is 12.3. The SMILES string of the molecule is CCNc1nc(NC(C)(C)C#N)nc(SC(F)F)n1. The largest absolute Gasteiger partial charge is 0.354 e. The predicted molar refractivity (Wildman–Crippen MR) is 69.2 cm³/mol. The average Bonchev–Trinajstić information content (AvgIpc) is 2.27. The van der Waals surface area contributed by atoms with Crippen molar-refractivity contribution in [1.82, 2.24) is 15.0 Å². The van der Waals surface area contributed by atoms with Gasteiger partial charge in [-0.1, -0.05) is 0 Å². The van der Waals surface area contributed by atoms with E-state index in [-0.39, 0.29) is 28.8 Å². The Labute approximate surface area is 114 Å². The van der Waals surface area contributed by atoms with Gasteiger partial charge in [0.2, 0.25) is 11.9 Å². The molecule has 0 unspecified atom stereocenters. The molecular weight excluding hydrogens is 274 g/mol. The van der Waals surface area contributed by atoms with Crippen LogP contribution in [0.5, 0.6) is 0 Å². The second kappa shape index (κ2) is 6.47. The number of anilines is 2. The Kier molecular flexibility index (Phi) is 5.23. The molecule has 104 valence electrons. The molecule has 0 saturated heterocycles. The first-order valence-corrected chi connectivity index (χ1v) is 6.38. The van der Waals surface area contributed by atoms with Crippen LogP contribution in [0, 0.1) is 11.3 Å². The lowest BCUT2D eigenvalue weighted by atomic mass is 10.1. The highest BCUT2D eigenvalue weighted by Crippen LogP contribution is 2.24. The summed E-state index contributed by atoms with van der Waals surface area (Å²) >= 11 is 0.228. The summed E-state index contributed by atoms with van der Waals surface area (Å²) in [4.78, 5) is 11.7. The molecule has 0 aliphatic carbocycles. The fourth-order valence-corrected chi connectivity index (χ4v) is 1.53. The van der Waals surface area contributed by atoms with E-state index >= 15 is 0 Å². The Hall–Kier alpha value is -1.69. The van der Waals surface area contributed by atoms with Gasteiger partial charge in [0.25, 0.3) is 5.76 Å². The van der Waals surface area contributed by atoms with Crippen LogP contribution in [0.4, 0.5) is 20.7 Å². The van der Waals surface area contributed by atoms with Crippen LogP contribution < -0.4 is 10.6 Å². The standard InChI is InChI=1S/C10H14F2N6S/c1-4-14-7-15-8(18-10(2,3)5-13)17-9(16-7)19-6(11)12/h6H,4H2,1-3H3,(H2,14,15,16,17,18). The van der Waals surface area contributed by atoms with E-state index in [2.05, 4.69) is 25.6 Å². The summed E-state index contributed by atoms with van der Waals surface area (Å²) in [6.07, 6.45) is 0. The van der Waals surface area contributed by atoms with Crippen LogP contribution in [0.3, 0.4) is 0 Å². The first-order chi connectivity index (χ1) is 8.86. The van der Waals surface area contributed by atoms with Gasteiger partial charge in [-0.2, -0.15) is 29.0 Å². The van der Waals surface area contributed by atoms with E-state index in [9.17, 15) is 8.78 Å². The molecule has 1 heterocycles. The van der Waals surface area contributed by atoms with Gasteiger partial charge in [0, 0.05) is 6.54 Å². The number of nitrogens with zero attached hydrogens (tertiary/aromatic N) is 4. The normalized spacial score (nSPS) is 11.2. The van der Waals surface area contributed by atoms with Crippen molar-refractivity contribution in [2.75, 3.05) is 17.2 Å².